The molecule has 5 nitrogen and oxygen atoms in total. The molecule has 1 aromatic heterocycles. The summed E-state index contributed by atoms with van der Waals surface area (Å²) in [5.74, 6) is 0. The van der Waals surface area contributed by atoms with Gasteiger partial charge >= 0.3 is 5.69 Å². The van der Waals surface area contributed by atoms with Crippen molar-refractivity contribution in [3.8, 4) is 5.69 Å². The van der Waals surface area contributed by atoms with Gasteiger partial charge in [0.1, 0.15) is 6.33 Å². The van der Waals surface area contributed by atoms with Gasteiger partial charge in [-0.05, 0) is 12.1 Å². The van der Waals surface area contributed by atoms with Crippen LogP contribution in [0.3, 0.4) is 0 Å². The van der Waals surface area contributed by atoms with Crippen LogP contribution in [0.4, 0.5) is 8.78 Å². The molecular formula is C12H12F2N4O. The van der Waals surface area contributed by atoms with Crippen LogP contribution in [-0.2, 0) is 6.54 Å². The predicted molar refractivity (Wildman–Crippen MR) is 66.1 cm³/mol. The van der Waals surface area contributed by atoms with E-state index in [4.69, 9.17) is 5.73 Å². The summed E-state index contributed by atoms with van der Waals surface area (Å²) in [5, 5.41) is 3.81. The lowest BCUT2D eigenvalue weighted by Gasteiger charge is -2.02. The molecule has 19 heavy (non-hydrogen) atoms. The number of rotatable bonds is 4. The van der Waals surface area contributed by atoms with E-state index in [0.717, 1.165) is 4.68 Å². The zero-order valence-corrected chi connectivity index (χ0v) is 9.96. The number of hydrogen-bond donors (Lipinski definition) is 1. The summed E-state index contributed by atoms with van der Waals surface area (Å²) in [5.41, 5.74) is 5.03. The minimum Gasteiger partial charge on any atom is -0.327 e. The van der Waals surface area contributed by atoms with Crippen molar-refractivity contribution in [3.63, 3.8) is 0 Å². The van der Waals surface area contributed by atoms with Gasteiger partial charge in [0.25, 0.3) is 6.08 Å². The first kappa shape index (κ1) is 13.2. The highest BCUT2D eigenvalue weighted by Gasteiger charge is 2.11. The Morgan fingerprint density at radius 2 is 1.95 bits per heavy atom. The monoisotopic (exact) mass is 266 g/mol. The summed E-state index contributed by atoms with van der Waals surface area (Å²) < 4.78 is 27.2. The van der Waals surface area contributed by atoms with E-state index in [0.29, 0.717) is 5.69 Å². The van der Waals surface area contributed by atoms with Crippen LogP contribution in [0.1, 0.15) is 0 Å². The SMILES string of the molecule is NCC(Cn1ncn(-c2ccccc2)c1=O)=C(F)F. The lowest BCUT2D eigenvalue weighted by Crippen LogP contribution is -2.26. The Hall–Kier alpha value is -2.28. The van der Waals surface area contributed by atoms with E-state index in [2.05, 4.69) is 5.10 Å². The maximum atomic E-state index is 12.5. The van der Waals surface area contributed by atoms with Gasteiger partial charge in [0, 0.05) is 12.1 Å². The molecule has 0 spiro atoms. The number of nitrogens with zero attached hydrogens (tertiary/aromatic N) is 3. The van der Waals surface area contributed by atoms with E-state index in [1.54, 1.807) is 24.3 Å². The molecule has 2 aromatic rings. The van der Waals surface area contributed by atoms with Gasteiger partial charge in [-0.25, -0.2) is 14.0 Å². The molecular weight excluding hydrogens is 254 g/mol. The average molecular weight is 266 g/mol. The van der Waals surface area contributed by atoms with Gasteiger partial charge in [-0.15, -0.1) is 0 Å². The number of halogens is 2. The van der Waals surface area contributed by atoms with Crippen molar-refractivity contribution in [2.75, 3.05) is 6.54 Å². The summed E-state index contributed by atoms with van der Waals surface area (Å²) in [6.07, 6.45) is -0.578. The summed E-state index contributed by atoms with van der Waals surface area (Å²) in [6, 6.07) is 8.80. The van der Waals surface area contributed by atoms with Gasteiger partial charge in [-0.3, -0.25) is 0 Å². The van der Waals surface area contributed by atoms with Crippen LogP contribution in [0.25, 0.3) is 5.69 Å². The third-order valence-electron chi connectivity index (χ3n) is 2.62. The predicted octanol–water partition coefficient (Wildman–Crippen LogP) is 1.14. The highest BCUT2D eigenvalue weighted by atomic mass is 19.3. The molecule has 0 amide bonds. The molecule has 0 unspecified atom stereocenters. The van der Waals surface area contributed by atoms with E-state index < -0.39 is 11.8 Å². The quantitative estimate of drug-likeness (QED) is 0.902. The maximum absolute atomic E-state index is 12.5. The molecule has 0 fully saturated rings. The van der Waals surface area contributed by atoms with Crippen molar-refractivity contribution >= 4 is 0 Å². The van der Waals surface area contributed by atoms with Crippen molar-refractivity contribution in [3.05, 3.63) is 58.8 Å². The van der Waals surface area contributed by atoms with Gasteiger partial charge in [0.15, 0.2) is 0 Å². The second kappa shape index (κ2) is 5.57. The molecule has 100 valence electrons. The second-order valence-electron chi connectivity index (χ2n) is 3.84. The fraction of sp³-hybridized carbons (Fsp3) is 0.167. The van der Waals surface area contributed by atoms with Crippen molar-refractivity contribution in [2.45, 2.75) is 6.54 Å². The second-order valence-corrected chi connectivity index (χ2v) is 3.84. The van der Waals surface area contributed by atoms with Gasteiger partial charge in [0.2, 0.25) is 0 Å². The molecule has 7 heteroatoms. The van der Waals surface area contributed by atoms with Crippen molar-refractivity contribution in [1.82, 2.24) is 14.3 Å². The van der Waals surface area contributed by atoms with Crippen LogP contribution in [0.2, 0.25) is 0 Å². The minimum atomic E-state index is -1.87. The Morgan fingerprint density at radius 1 is 1.26 bits per heavy atom. The molecule has 0 saturated carbocycles. The van der Waals surface area contributed by atoms with Crippen LogP contribution in [0, 0.1) is 0 Å². The van der Waals surface area contributed by atoms with Crippen LogP contribution >= 0.6 is 0 Å². The molecule has 0 aliphatic carbocycles. The third kappa shape index (κ3) is 2.76. The zero-order chi connectivity index (χ0) is 13.8. The first-order chi connectivity index (χ1) is 9.13. The largest absolute Gasteiger partial charge is 0.350 e. The van der Waals surface area contributed by atoms with E-state index in [9.17, 15) is 13.6 Å². The third-order valence-corrected chi connectivity index (χ3v) is 2.62. The lowest BCUT2D eigenvalue weighted by atomic mass is 10.3. The fourth-order valence-corrected chi connectivity index (χ4v) is 1.59. The standard InChI is InChI=1S/C12H12F2N4O/c13-11(14)9(6-15)7-18-12(19)17(8-16-18)10-4-2-1-3-5-10/h1-5,8H,6-7,15H2. The van der Waals surface area contributed by atoms with E-state index >= 15 is 0 Å². The summed E-state index contributed by atoms with van der Waals surface area (Å²) in [7, 11) is 0. The Bertz CT molecular complexity index is 641. The Labute approximate surface area is 107 Å². The maximum Gasteiger partial charge on any atom is 0.350 e. The van der Waals surface area contributed by atoms with E-state index in [1.807, 2.05) is 6.07 Å². The average Bonchev–Trinajstić information content (AvgIpc) is 2.78. The van der Waals surface area contributed by atoms with Crippen molar-refractivity contribution < 1.29 is 8.78 Å². The molecule has 0 aliphatic heterocycles. The number of hydrogen-bond acceptors (Lipinski definition) is 3. The molecule has 2 N–H and O–H groups in total. The molecule has 1 aromatic carbocycles. The molecule has 0 aliphatic rings. The van der Waals surface area contributed by atoms with Gasteiger partial charge in [-0.2, -0.15) is 13.9 Å². The number of benzene rings is 1. The number of nitrogens with two attached hydrogens (primary N) is 1. The highest BCUT2D eigenvalue weighted by Crippen LogP contribution is 2.08. The molecule has 2 rings (SSSR count). The van der Waals surface area contributed by atoms with Crippen LogP contribution in [0.15, 0.2) is 53.1 Å². The minimum absolute atomic E-state index is 0.305. The molecule has 0 atom stereocenters. The van der Waals surface area contributed by atoms with Crippen LogP contribution < -0.4 is 11.4 Å². The zero-order valence-electron chi connectivity index (χ0n) is 9.96. The van der Waals surface area contributed by atoms with E-state index in [-0.39, 0.29) is 18.7 Å². The Kier molecular flexibility index (Phi) is 3.86. The summed E-state index contributed by atoms with van der Waals surface area (Å²) in [4.78, 5) is 12.0. The normalized spacial score (nSPS) is 10.5. The Morgan fingerprint density at radius 3 is 2.53 bits per heavy atom. The van der Waals surface area contributed by atoms with Crippen LogP contribution in [0.5, 0.6) is 0 Å². The molecule has 0 radical (unpaired) electrons. The molecule has 1 heterocycles. The first-order valence-electron chi connectivity index (χ1n) is 5.56. The van der Waals surface area contributed by atoms with Crippen LogP contribution in [-0.4, -0.2) is 20.9 Å². The topological polar surface area (TPSA) is 65.8 Å². The van der Waals surface area contributed by atoms with Gasteiger partial charge in [0.05, 0.1) is 12.2 Å². The van der Waals surface area contributed by atoms with Gasteiger partial charge < -0.3 is 5.73 Å². The first-order valence-corrected chi connectivity index (χ1v) is 5.56. The summed E-state index contributed by atoms with van der Waals surface area (Å²) >= 11 is 0. The van der Waals surface area contributed by atoms with Crippen molar-refractivity contribution in [2.24, 2.45) is 5.73 Å². The fourth-order valence-electron chi connectivity index (χ4n) is 1.59. The molecule has 0 saturated heterocycles. The van der Waals surface area contributed by atoms with Gasteiger partial charge in [-0.1, -0.05) is 18.2 Å². The van der Waals surface area contributed by atoms with E-state index in [1.165, 1.54) is 10.9 Å². The van der Waals surface area contributed by atoms with Crippen molar-refractivity contribution in [1.29, 1.82) is 0 Å². The number of para-hydroxylation sites is 1. The smallest absolute Gasteiger partial charge is 0.327 e. The summed E-state index contributed by atoms with van der Waals surface area (Å²) in [6.45, 7) is -0.621. The molecule has 0 bridgehead atoms. The Balaban J connectivity index is 2.35. The number of aromatic nitrogens is 3. The lowest BCUT2D eigenvalue weighted by molar-refractivity contribution is 0.400. The highest BCUT2D eigenvalue weighted by molar-refractivity contribution is 5.30.